The SMILES string of the molecule is COc1ccc(CC(C)(CO)c2cccs2)cc1. The van der Waals surface area contributed by atoms with Gasteiger partial charge in [0.2, 0.25) is 0 Å². The zero-order valence-electron chi connectivity index (χ0n) is 10.7. The molecule has 0 amide bonds. The molecule has 96 valence electrons. The Morgan fingerprint density at radius 1 is 1.22 bits per heavy atom. The first-order chi connectivity index (χ1) is 8.68. The first-order valence-electron chi connectivity index (χ1n) is 5.96. The highest BCUT2D eigenvalue weighted by atomic mass is 32.1. The van der Waals surface area contributed by atoms with E-state index in [4.69, 9.17) is 4.74 Å². The number of aliphatic hydroxyl groups is 1. The summed E-state index contributed by atoms with van der Waals surface area (Å²) in [6.07, 6.45) is 0.827. The van der Waals surface area contributed by atoms with E-state index in [9.17, 15) is 5.11 Å². The number of hydrogen-bond acceptors (Lipinski definition) is 3. The number of methoxy groups -OCH3 is 1. The molecule has 0 aliphatic heterocycles. The van der Waals surface area contributed by atoms with Crippen molar-refractivity contribution >= 4 is 11.3 Å². The first kappa shape index (κ1) is 13.1. The first-order valence-corrected chi connectivity index (χ1v) is 6.84. The molecule has 2 rings (SSSR count). The molecule has 0 aliphatic carbocycles. The highest BCUT2D eigenvalue weighted by Crippen LogP contribution is 2.31. The van der Waals surface area contributed by atoms with Crippen molar-refractivity contribution in [3.8, 4) is 5.75 Å². The lowest BCUT2D eigenvalue weighted by Gasteiger charge is -2.26. The third-order valence-corrected chi connectivity index (χ3v) is 4.39. The zero-order chi connectivity index (χ0) is 13.0. The van der Waals surface area contributed by atoms with Crippen LogP contribution in [0.3, 0.4) is 0 Å². The molecule has 2 aromatic rings. The molecule has 0 spiro atoms. The van der Waals surface area contributed by atoms with E-state index in [0.29, 0.717) is 0 Å². The predicted molar refractivity (Wildman–Crippen MR) is 75.5 cm³/mol. The van der Waals surface area contributed by atoms with E-state index < -0.39 is 0 Å². The van der Waals surface area contributed by atoms with Crippen LogP contribution in [-0.4, -0.2) is 18.8 Å². The van der Waals surface area contributed by atoms with E-state index in [1.807, 2.05) is 18.2 Å². The summed E-state index contributed by atoms with van der Waals surface area (Å²) in [5.41, 5.74) is 1.00. The standard InChI is InChI=1S/C15H18O2S/c1-15(11-16,14-4-3-9-18-14)10-12-5-7-13(17-2)8-6-12/h3-9,16H,10-11H2,1-2H3. The van der Waals surface area contributed by atoms with Gasteiger partial charge in [0, 0.05) is 10.3 Å². The summed E-state index contributed by atoms with van der Waals surface area (Å²) < 4.78 is 5.15. The molecule has 1 aromatic heterocycles. The van der Waals surface area contributed by atoms with E-state index in [2.05, 4.69) is 30.5 Å². The van der Waals surface area contributed by atoms with Crippen molar-refractivity contribution in [3.05, 3.63) is 52.2 Å². The zero-order valence-corrected chi connectivity index (χ0v) is 11.5. The average Bonchev–Trinajstić information content (AvgIpc) is 2.94. The van der Waals surface area contributed by atoms with Crippen LogP contribution in [0.1, 0.15) is 17.4 Å². The highest BCUT2D eigenvalue weighted by Gasteiger charge is 2.27. The van der Waals surface area contributed by atoms with E-state index in [0.717, 1.165) is 12.2 Å². The van der Waals surface area contributed by atoms with Gasteiger partial charge in [-0.05, 0) is 35.6 Å². The maximum absolute atomic E-state index is 9.70. The minimum atomic E-state index is -0.206. The smallest absolute Gasteiger partial charge is 0.118 e. The molecular formula is C15H18O2S. The van der Waals surface area contributed by atoms with Gasteiger partial charge in [-0.25, -0.2) is 0 Å². The molecule has 1 unspecified atom stereocenters. The van der Waals surface area contributed by atoms with Crippen molar-refractivity contribution in [1.82, 2.24) is 0 Å². The number of benzene rings is 1. The molecule has 2 nitrogen and oxygen atoms in total. The Morgan fingerprint density at radius 2 is 1.94 bits per heavy atom. The molecule has 0 aliphatic rings. The van der Waals surface area contributed by atoms with Crippen LogP contribution in [0.4, 0.5) is 0 Å². The number of rotatable bonds is 5. The maximum atomic E-state index is 9.70. The largest absolute Gasteiger partial charge is 0.497 e. The molecular weight excluding hydrogens is 244 g/mol. The van der Waals surface area contributed by atoms with Gasteiger partial charge in [-0.1, -0.05) is 25.1 Å². The van der Waals surface area contributed by atoms with Crippen molar-refractivity contribution in [2.24, 2.45) is 0 Å². The lowest BCUT2D eigenvalue weighted by molar-refractivity contribution is 0.207. The van der Waals surface area contributed by atoms with Crippen LogP contribution >= 0.6 is 11.3 Å². The number of hydrogen-bond donors (Lipinski definition) is 1. The van der Waals surface area contributed by atoms with Crippen LogP contribution in [0.25, 0.3) is 0 Å². The Bertz CT molecular complexity index is 476. The Labute approximate surface area is 112 Å². The lowest BCUT2D eigenvalue weighted by atomic mass is 9.83. The van der Waals surface area contributed by atoms with Gasteiger partial charge in [-0.2, -0.15) is 0 Å². The summed E-state index contributed by atoms with van der Waals surface area (Å²) >= 11 is 1.70. The predicted octanol–water partition coefficient (Wildman–Crippen LogP) is 3.25. The number of thiophene rings is 1. The van der Waals surface area contributed by atoms with Crippen molar-refractivity contribution in [3.63, 3.8) is 0 Å². The summed E-state index contributed by atoms with van der Waals surface area (Å²) in [7, 11) is 1.67. The Balaban J connectivity index is 2.19. The highest BCUT2D eigenvalue weighted by molar-refractivity contribution is 7.10. The summed E-state index contributed by atoms with van der Waals surface area (Å²) in [6, 6.07) is 12.1. The molecule has 0 saturated heterocycles. The Kier molecular flexibility index (Phi) is 4.04. The van der Waals surface area contributed by atoms with E-state index in [1.54, 1.807) is 18.4 Å². The maximum Gasteiger partial charge on any atom is 0.118 e. The van der Waals surface area contributed by atoms with Crippen molar-refractivity contribution in [1.29, 1.82) is 0 Å². The normalized spacial score (nSPS) is 14.2. The molecule has 3 heteroatoms. The second-order valence-electron chi connectivity index (χ2n) is 4.72. The molecule has 1 N–H and O–H groups in total. The summed E-state index contributed by atoms with van der Waals surface area (Å²) in [6.45, 7) is 2.25. The Morgan fingerprint density at radius 3 is 2.44 bits per heavy atom. The van der Waals surface area contributed by atoms with Crippen LogP contribution in [0.5, 0.6) is 5.75 Å². The molecule has 1 aromatic carbocycles. The van der Waals surface area contributed by atoms with Gasteiger partial charge >= 0.3 is 0 Å². The third kappa shape index (κ3) is 2.74. The summed E-state index contributed by atoms with van der Waals surface area (Å²) in [5, 5.41) is 11.8. The van der Waals surface area contributed by atoms with Gasteiger partial charge in [0.1, 0.15) is 5.75 Å². The molecule has 0 fully saturated rings. The Hall–Kier alpha value is -1.32. The van der Waals surface area contributed by atoms with Gasteiger partial charge in [-0.3, -0.25) is 0 Å². The van der Waals surface area contributed by atoms with Crippen molar-refractivity contribution in [2.75, 3.05) is 13.7 Å². The van der Waals surface area contributed by atoms with Crippen LogP contribution in [0.15, 0.2) is 41.8 Å². The molecule has 1 heterocycles. The van der Waals surface area contributed by atoms with Crippen LogP contribution in [0, 0.1) is 0 Å². The van der Waals surface area contributed by atoms with Crippen molar-refractivity contribution < 1.29 is 9.84 Å². The van der Waals surface area contributed by atoms with E-state index in [-0.39, 0.29) is 12.0 Å². The molecule has 1 atom stereocenters. The van der Waals surface area contributed by atoms with Crippen molar-refractivity contribution in [2.45, 2.75) is 18.8 Å². The fraction of sp³-hybridized carbons (Fsp3) is 0.333. The third-order valence-electron chi connectivity index (χ3n) is 3.22. The minimum absolute atomic E-state index is 0.152. The fourth-order valence-corrected chi connectivity index (χ4v) is 2.92. The van der Waals surface area contributed by atoms with Gasteiger partial charge in [0.25, 0.3) is 0 Å². The topological polar surface area (TPSA) is 29.5 Å². The summed E-state index contributed by atoms with van der Waals surface area (Å²) in [4.78, 5) is 1.22. The average molecular weight is 262 g/mol. The lowest BCUT2D eigenvalue weighted by Crippen LogP contribution is -2.28. The fourth-order valence-electron chi connectivity index (χ4n) is 2.04. The monoisotopic (exact) mass is 262 g/mol. The summed E-state index contributed by atoms with van der Waals surface area (Å²) in [5.74, 6) is 0.862. The van der Waals surface area contributed by atoms with Gasteiger partial charge in [0.15, 0.2) is 0 Å². The molecule has 0 saturated carbocycles. The number of ether oxygens (including phenoxy) is 1. The van der Waals surface area contributed by atoms with Crippen LogP contribution in [-0.2, 0) is 11.8 Å². The van der Waals surface area contributed by atoms with Crippen LogP contribution < -0.4 is 4.74 Å². The van der Waals surface area contributed by atoms with Gasteiger partial charge < -0.3 is 9.84 Å². The molecule has 0 radical (unpaired) electrons. The molecule has 0 bridgehead atoms. The van der Waals surface area contributed by atoms with E-state index in [1.165, 1.54) is 10.4 Å². The van der Waals surface area contributed by atoms with Crippen LogP contribution in [0.2, 0.25) is 0 Å². The minimum Gasteiger partial charge on any atom is -0.497 e. The van der Waals surface area contributed by atoms with E-state index >= 15 is 0 Å². The number of aliphatic hydroxyl groups excluding tert-OH is 1. The molecule has 18 heavy (non-hydrogen) atoms. The quantitative estimate of drug-likeness (QED) is 0.896. The van der Waals surface area contributed by atoms with Gasteiger partial charge in [0.05, 0.1) is 13.7 Å². The van der Waals surface area contributed by atoms with Gasteiger partial charge in [-0.15, -0.1) is 11.3 Å². The second-order valence-corrected chi connectivity index (χ2v) is 5.67. The second kappa shape index (κ2) is 5.55.